The fourth-order valence-electron chi connectivity index (χ4n) is 3.74. The van der Waals surface area contributed by atoms with Crippen molar-refractivity contribution in [1.29, 1.82) is 0 Å². The number of hydrogen-bond acceptors (Lipinski definition) is 4. The standard InChI is InChI=1S/C24H24BrN3O/c25-22-11-12-23(29)21(17-22)18-26-28-15-13-27(14-16-28)24(19-7-3-1-4-8-19)20-9-5-2-6-10-20/h1-12,17-18,24,29H,13-16H2/b26-18-. The molecule has 0 bridgehead atoms. The van der Waals surface area contributed by atoms with Crippen LogP contribution in [0.1, 0.15) is 22.7 Å². The Balaban J connectivity index is 1.47. The SMILES string of the molecule is Oc1ccc(Br)cc1/C=N\N1CCN(C(c2ccccc2)c2ccccc2)CC1. The number of phenolic OH excluding ortho intramolecular Hbond substituents is 1. The summed E-state index contributed by atoms with van der Waals surface area (Å²) in [5, 5.41) is 16.7. The second-order valence-corrected chi connectivity index (χ2v) is 8.08. The fourth-order valence-corrected chi connectivity index (χ4v) is 4.12. The van der Waals surface area contributed by atoms with E-state index in [1.807, 2.05) is 12.1 Å². The molecule has 0 atom stereocenters. The molecular weight excluding hydrogens is 426 g/mol. The minimum atomic E-state index is 0.240. The molecule has 0 unspecified atom stereocenters. The normalized spacial score (nSPS) is 15.3. The molecule has 3 aromatic carbocycles. The van der Waals surface area contributed by atoms with Gasteiger partial charge in [-0.2, -0.15) is 5.10 Å². The quantitative estimate of drug-likeness (QED) is 0.563. The van der Waals surface area contributed by atoms with Crippen LogP contribution >= 0.6 is 15.9 Å². The molecule has 0 aliphatic carbocycles. The molecule has 0 radical (unpaired) electrons. The van der Waals surface area contributed by atoms with Gasteiger partial charge in [0.15, 0.2) is 0 Å². The third-order valence-corrected chi connectivity index (χ3v) is 5.73. The first-order valence-electron chi connectivity index (χ1n) is 9.82. The van der Waals surface area contributed by atoms with Crippen LogP contribution < -0.4 is 0 Å². The van der Waals surface area contributed by atoms with E-state index in [1.165, 1.54) is 11.1 Å². The highest BCUT2D eigenvalue weighted by Gasteiger charge is 2.25. The summed E-state index contributed by atoms with van der Waals surface area (Å²) in [4.78, 5) is 2.52. The zero-order valence-corrected chi connectivity index (χ0v) is 17.7. The van der Waals surface area contributed by atoms with Gasteiger partial charge in [0.1, 0.15) is 5.75 Å². The molecule has 0 spiro atoms. The average Bonchev–Trinajstić information content (AvgIpc) is 2.77. The van der Waals surface area contributed by atoms with Crippen molar-refractivity contribution >= 4 is 22.1 Å². The number of benzene rings is 3. The van der Waals surface area contributed by atoms with Crippen LogP contribution in [-0.4, -0.2) is 47.4 Å². The first-order chi connectivity index (χ1) is 14.2. The molecule has 1 fully saturated rings. The molecule has 1 N–H and O–H groups in total. The highest BCUT2D eigenvalue weighted by molar-refractivity contribution is 9.10. The Morgan fingerprint density at radius 3 is 2.00 bits per heavy atom. The van der Waals surface area contributed by atoms with Crippen molar-refractivity contribution in [3.05, 3.63) is 100 Å². The van der Waals surface area contributed by atoms with E-state index in [4.69, 9.17) is 0 Å². The Bertz CT molecular complexity index is 915. The van der Waals surface area contributed by atoms with Crippen LogP contribution in [0.5, 0.6) is 5.75 Å². The summed E-state index contributed by atoms with van der Waals surface area (Å²) in [6.45, 7) is 3.55. The van der Waals surface area contributed by atoms with Crippen molar-refractivity contribution in [2.45, 2.75) is 6.04 Å². The van der Waals surface area contributed by atoms with Gasteiger partial charge in [0.25, 0.3) is 0 Å². The van der Waals surface area contributed by atoms with Crippen LogP contribution in [0, 0.1) is 0 Å². The van der Waals surface area contributed by atoms with Crippen molar-refractivity contribution in [2.24, 2.45) is 5.10 Å². The lowest BCUT2D eigenvalue weighted by atomic mass is 9.96. The number of phenols is 1. The van der Waals surface area contributed by atoms with Crippen LogP contribution in [0.2, 0.25) is 0 Å². The molecule has 5 heteroatoms. The van der Waals surface area contributed by atoms with Gasteiger partial charge < -0.3 is 5.11 Å². The van der Waals surface area contributed by atoms with Crippen molar-refractivity contribution in [2.75, 3.05) is 26.2 Å². The lowest BCUT2D eigenvalue weighted by molar-refractivity contribution is 0.113. The second kappa shape index (κ2) is 9.25. The number of halogens is 1. The molecule has 29 heavy (non-hydrogen) atoms. The topological polar surface area (TPSA) is 39.1 Å². The van der Waals surface area contributed by atoms with E-state index in [-0.39, 0.29) is 11.8 Å². The molecule has 1 saturated heterocycles. The van der Waals surface area contributed by atoms with Crippen LogP contribution in [0.3, 0.4) is 0 Å². The summed E-state index contributed by atoms with van der Waals surface area (Å²) in [6, 6.07) is 27.0. The first kappa shape index (κ1) is 19.7. The van der Waals surface area contributed by atoms with Gasteiger partial charge in [-0.15, -0.1) is 0 Å². The summed E-state index contributed by atoms with van der Waals surface area (Å²) in [6.07, 6.45) is 1.74. The zero-order valence-electron chi connectivity index (χ0n) is 16.2. The summed E-state index contributed by atoms with van der Waals surface area (Å²) in [5.41, 5.74) is 3.35. The molecule has 1 aliphatic heterocycles. The van der Waals surface area contributed by atoms with E-state index in [0.717, 1.165) is 30.7 Å². The highest BCUT2D eigenvalue weighted by Crippen LogP contribution is 2.29. The number of hydrogen-bond donors (Lipinski definition) is 1. The highest BCUT2D eigenvalue weighted by atomic mass is 79.9. The Labute approximate surface area is 180 Å². The van der Waals surface area contributed by atoms with E-state index in [0.29, 0.717) is 5.56 Å². The molecular formula is C24H24BrN3O. The Morgan fingerprint density at radius 1 is 0.828 bits per heavy atom. The summed E-state index contributed by atoms with van der Waals surface area (Å²) >= 11 is 3.44. The number of rotatable bonds is 5. The van der Waals surface area contributed by atoms with Crippen LogP contribution in [0.4, 0.5) is 0 Å². The molecule has 0 saturated carbocycles. The molecule has 0 aromatic heterocycles. The van der Waals surface area contributed by atoms with Crippen LogP contribution in [0.25, 0.3) is 0 Å². The second-order valence-electron chi connectivity index (χ2n) is 7.16. The smallest absolute Gasteiger partial charge is 0.124 e. The first-order valence-corrected chi connectivity index (χ1v) is 10.6. The predicted molar refractivity (Wildman–Crippen MR) is 121 cm³/mol. The Morgan fingerprint density at radius 2 is 1.41 bits per heavy atom. The number of piperazine rings is 1. The maximum atomic E-state index is 9.99. The molecule has 4 rings (SSSR count). The van der Waals surface area contributed by atoms with Gasteiger partial charge in [0, 0.05) is 36.2 Å². The number of aromatic hydroxyl groups is 1. The molecule has 0 amide bonds. The van der Waals surface area contributed by atoms with Crippen LogP contribution in [-0.2, 0) is 0 Å². The third kappa shape index (κ3) is 4.86. The van der Waals surface area contributed by atoms with Crippen molar-refractivity contribution < 1.29 is 5.11 Å². The predicted octanol–water partition coefficient (Wildman–Crippen LogP) is 4.90. The van der Waals surface area contributed by atoms with E-state index < -0.39 is 0 Å². The summed E-state index contributed by atoms with van der Waals surface area (Å²) in [5.74, 6) is 0.240. The van der Waals surface area contributed by atoms with Gasteiger partial charge in [-0.1, -0.05) is 76.6 Å². The van der Waals surface area contributed by atoms with Gasteiger partial charge in [-0.3, -0.25) is 9.91 Å². The molecule has 1 heterocycles. The number of nitrogens with zero attached hydrogens (tertiary/aromatic N) is 3. The van der Waals surface area contributed by atoms with Crippen molar-refractivity contribution in [3.63, 3.8) is 0 Å². The molecule has 3 aromatic rings. The summed E-state index contributed by atoms with van der Waals surface area (Å²) in [7, 11) is 0. The van der Waals surface area contributed by atoms with Gasteiger partial charge in [-0.25, -0.2) is 0 Å². The minimum absolute atomic E-state index is 0.240. The zero-order chi connectivity index (χ0) is 20.1. The van der Waals surface area contributed by atoms with Gasteiger partial charge >= 0.3 is 0 Å². The Hall–Kier alpha value is -2.63. The van der Waals surface area contributed by atoms with Crippen LogP contribution in [0.15, 0.2) is 88.4 Å². The molecule has 1 aliphatic rings. The van der Waals surface area contributed by atoms with Gasteiger partial charge in [0.2, 0.25) is 0 Å². The van der Waals surface area contributed by atoms with Crippen molar-refractivity contribution in [3.8, 4) is 5.75 Å². The fraction of sp³-hybridized carbons (Fsp3) is 0.208. The van der Waals surface area contributed by atoms with E-state index in [1.54, 1.807) is 12.3 Å². The monoisotopic (exact) mass is 449 g/mol. The van der Waals surface area contributed by atoms with Gasteiger partial charge in [-0.05, 0) is 29.3 Å². The Kier molecular flexibility index (Phi) is 6.27. The minimum Gasteiger partial charge on any atom is -0.507 e. The summed E-state index contributed by atoms with van der Waals surface area (Å²) < 4.78 is 0.926. The maximum absolute atomic E-state index is 9.99. The lowest BCUT2D eigenvalue weighted by Gasteiger charge is -2.38. The van der Waals surface area contributed by atoms with E-state index >= 15 is 0 Å². The molecule has 4 nitrogen and oxygen atoms in total. The largest absolute Gasteiger partial charge is 0.507 e. The average molecular weight is 450 g/mol. The van der Waals surface area contributed by atoms with E-state index in [2.05, 4.69) is 91.6 Å². The van der Waals surface area contributed by atoms with Gasteiger partial charge in [0.05, 0.1) is 12.3 Å². The lowest BCUT2D eigenvalue weighted by Crippen LogP contribution is -2.45. The van der Waals surface area contributed by atoms with E-state index in [9.17, 15) is 5.11 Å². The third-order valence-electron chi connectivity index (χ3n) is 5.24. The molecule has 148 valence electrons. The maximum Gasteiger partial charge on any atom is 0.124 e. The van der Waals surface area contributed by atoms with Crippen molar-refractivity contribution in [1.82, 2.24) is 9.91 Å². The number of hydrazone groups is 1.